The predicted molar refractivity (Wildman–Crippen MR) is 117 cm³/mol. The second-order valence-corrected chi connectivity index (χ2v) is 7.75. The Bertz CT molecular complexity index is 1240. The number of hydrogen-bond donors (Lipinski definition) is 0. The number of rotatable bonds is 5. The molecule has 0 atom stereocenters. The molecule has 30 heavy (non-hydrogen) atoms. The lowest BCUT2D eigenvalue weighted by Crippen LogP contribution is -2.19. The van der Waals surface area contributed by atoms with E-state index in [2.05, 4.69) is 4.99 Å². The molecular formula is C23H19N3O3S. The molecule has 0 saturated heterocycles. The molecule has 7 heteroatoms. The van der Waals surface area contributed by atoms with Gasteiger partial charge in [0.15, 0.2) is 4.80 Å². The van der Waals surface area contributed by atoms with Crippen molar-refractivity contribution in [3.05, 3.63) is 105 Å². The van der Waals surface area contributed by atoms with Crippen LogP contribution in [0.5, 0.6) is 0 Å². The third-order valence-corrected chi connectivity index (χ3v) is 5.95. The number of nitro benzene ring substituents is 1. The summed E-state index contributed by atoms with van der Waals surface area (Å²) in [6, 6.07) is 23.9. The van der Waals surface area contributed by atoms with Gasteiger partial charge in [0.25, 0.3) is 11.6 Å². The summed E-state index contributed by atoms with van der Waals surface area (Å²) in [7, 11) is 0. The van der Waals surface area contributed by atoms with E-state index in [4.69, 9.17) is 0 Å². The maximum absolute atomic E-state index is 13.4. The summed E-state index contributed by atoms with van der Waals surface area (Å²) in [5.74, 6) is -0.784. The molecule has 0 N–H and O–H groups in total. The first-order valence-corrected chi connectivity index (χ1v) is 10.4. The van der Waals surface area contributed by atoms with E-state index in [-0.39, 0.29) is 11.6 Å². The third kappa shape index (κ3) is 3.79. The van der Waals surface area contributed by atoms with Gasteiger partial charge in [-0.25, -0.2) is 0 Å². The van der Waals surface area contributed by atoms with Crippen LogP contribution in [0.4, 0.5) is 5.69 Å². The van der Waals surface area contributed by atoms with Gasteiger partial charge < -0.3 is 4.57 Å². The Balaban J connectivity index is 1.85. The maximum Gasteiger partial charge on any atom is 0.270 e. The summed E-state index contributed by atoms with van der Waals surface area (Å²) >= 11 is 1.29. The summed E-state index contributed by atoms with van der Waals surface area (Å²) in [5.41, 5.74) is 2.60. The Labute approximate surface area is 176 Å². The molecule has 0 saturated carbocycles. The zero-order valence-corrected chi connectivity index (χ0v) is 17.1. The number of carbonyl (C=O) groups is 1. The van der Waals surface area contributed by atoms with Crippen molar-refractivity contribution in [1.29, 1.82) is 0 Å². The molecule has 0 aliphatic rings. The van der Waals surface area contributed by atoms with E-state index < -0.39 is 10.8 Å². The van der Waals surface area contributed by atoms with Crippen molar-refractivity contribution in [2.75, 3.05) is 0 Å². The van der Waals surface area contributed by atoms with Crippen LogP contribution < -0.4 is 4.80 Å². The number of hydrogen-bond acceptors (Lipinski definition) is 4. The van der Waals surface area contributed by atoms with E-state index in [1.165, 1.54) is 23.5 Å². The normalized spacial score (nSPS) is 11.9. The predicted octanol–water partition coefficient (Wildman–Crippen LogP) is 4.89. The number of aromatic nitrogens is 1. The van der Waals surface area contributed by atoms with Crippen LogP contribution in [-0.2, 0) is 11.3 Å². The van der Waals surface area contributed by atoms with Crippen molar-refractivity contribution in [3.8, 4) is 0 Å². The Hall–Kier alpha value is -3.58. The van der Waals surface area contributed by atoms with E-state index in [1.807, 2.05) is 72.2 Å². The number of carbonyl (C=O) groups excluding carboxylic acids is 1. The molecular weight excluding hydrogens is 398 g/mol. The molecule has 4 rings (SSSR count). The number of thiazole rings is 1. The van der Waals surface area contributed by atoms with Crippen molar-refractivity contribution in [1.82, 2.24) is 4.57 Å². The van der Waals surface area contributed by atoms with Crippen LogP contribution >= 0.6 is 11.3 Å². The Morgan fingerprint density at radius 3 is 2.17 bits per heavy atom. The quantitative estimate of drug-likeness (QED) is 0.343. The molecule has 6 nitrogen and oxygen atoms in total. The summed E-state index contributed by atoms with van der Waals surface area (Å²) in [6.07, 6.45) is 0. The number of aryl methyl sites for hydroxylation is 1. The van der Waals surface area contributed by atoms with Gasteiger partial charge in [-0.3, -0.25) is 14.9 Å². The molecule has 0 radical (unpaired) electrons. The van der Waals surface area contributed by atoms with Gasteiger partial charge in [0.2, 0.25) is 0 Å². The zero-order chi connectivity index (χ0) is 21.1. The van der Waals surface area contributed by atoms with Crippen LogP contribution in [0, 0.1) is 10.1 Å². The van der Waals surface area contributed by atoms with Crippen LogP contribution in [0.3, 0.4) is 0 Å². The van der Waals surface area contributed by atoms with Crippen LogP contribution in [0.25, 0.3) is 10.2 Å². The third-order valence-electron chi connectivity index (χ3n) is 4.91. The van der Waals surface area contributed by atoms with Gasteiger partial charge in [-0.05, 0) is 24.1 Å². The summed E-state index contributed by atoms with van der Waals surface area (Å²) in [6.45, 7) is 2.56. The number of amides is 1. The number of nitro groups is 1. The first-order chi connectivity index (χ1) is 14.6. The van der Waals surface area contributed by atoms with Gasteiger partial charge in [0.05, 0.1) is 21.1 Å². The number of nitrogens with zero attached hydrogens (tertiary/aromatic N) is 3. The smallest absolute Gasteiger partial charge is 0.270 e. The van der Waals surface area contributed by atoms with Gasteiger partial charge in [-0.1, -0.05) is 72.0 Å². The minimum absolute atomic E-state index is 0.0244. The number of fused-ring (bicyclic) bond motifs is 1. The molecule has 3 aromatic carbocycles. The van der Waals surface area contributed by atoms with Crippen molar-refractivity contribution in [3.63, 3.8) is 0 Å². The van der Waals surface area contributed by atoms with Crippen molar-refractivity contribution < 1.29 is 9.72 Å². The fourth-order valence-corrected chi connectivity index (χ4v) is 4.63. The highest BCUT2D eigenvalue weighted by atomic mass is 32.1. The lowest BCUT2D eigenvalue weighted by molar-refractivity contribution is -0.384. The molecule has 1 aromatic heterocycles. The lowest BCUT2D eigenvalue weighted by Gasteiger charge is -2.14. The van der Waals surface area contributed by atoms with Crippen LogP contribution in [-0.4, -0.2) is 15.4 Å². The highest BCUT2D eigenvalue weighted by molar-refractivity contribution is 7.16. The average molecular weight is 417 g/mol. The maximum atomic E-state index is 13.4. The van der Waals surface area contributed by atoms with Gasteiger partial charge >= 0.3 is 0 Å². The van der Waals surface area contributed by atoms with E-state index in [9.17, 15) is 14.9 Å². The monoisotopic (exact) mass is 417 g/mol. The molecule has 0 aliphatic carbocycles. The van der Waals surface area contributed by atoms with Crippen molar-refractivity contribution in [2.24, 2.45) is 4.99 Å². The van der Waals surface area contributed by atoms with Gasteiger partial charge in [-0.15, -0.1) is 0 Å². The SMILES string of the molecule is CCn1c(=NC(=O)C(c2ccccc2)c2ccccc2)sc2cc([N+](=O)[O-])ccc21. The Morgan fingerprint density at radius 1 is 1.03 bits per heavy atom. The van der Waals surface area contributed by atoms with Gasteiger partial charge in [0, 0.05) is 18.7 Å². The lowest BCUT2D eigenvalue weighted by atomic mass is 9.91. The van der Waals surface area contributed by atoms with Crippen molar-refractivity contribution >= 4 is 33.1 Å². The van der Waals surface area contributed by atoms with Crippen molar-refractivity contribution in [2.45, 2.75) is 19.4 Å². The summed E-state index contributed by atoms with van der Waals surface area (Å²) in [4.78, 5) is 29.1. The first-order valence-electron chi connectivity index (χ1n) is 9.54. The highest BCUT2D eigenvalue weighted by Gasteiger charge is 2.22. The van der Waals surface area contributed by atoms with Gasteiger partial charge in [-0.2, -0.15) is 4.99 Å². The summed E-state index contributed by atoms with van der Waals surface area (Å²) < 4.78 is 2.64. The molecule has 1 amide bonds. The van der Waals surface area contributed by atoms with Crippen LogP contribution in [0.15, 0.2) is 83.9 Å². The van der Waals surface area contributed by atoms with Crippen LogP contribution in [0.2, 0.25) is 0 Å². The Morgan fingerprint density at radius 2 is 1.63 bits per heavy atom. The fraction of sp³-hybridized carbons (Fsp3) is 0.130. The molecule has 0 unspecified atom stereocenters. The minimum Gasteiger partial charge on any atom is -0.317 e. The van der Waals surface area contributed by atoms with E-state index in [1.54, 1.807) is 6.07 Å². The zero-order valence-electron chi connectivity index (χ0n) is 16.3. The molecule has 4 aromatic rings. The Kier molecular flexibility index (Phi) is 5.54. The molecule has 0 spiro atoms. The molecule has 0 aliphatic heterocycles. The minimum atomic E-state index is -0.516. The second kappa shape index (κ2) is 8.42. The first kappa shape index (κ1) is 19.7. The summed E-state index contributed by atoms with van der Waals surface area (Å²) in [5, 5.41) is 11.1. The second-order valence-electron chi connectivity index (χ2n) is 6.74. The molecule has 150 valence electrons. The molecule has 1 heterocycles. The van der Waals surface area contributed by atoms with E-state index >= 15 is 0 Å². The topological polar surface area (TPSA) is 77.5 Å². The van der Waals surface area contributed by atoms with E-state index in [0.717, 1.165) is 21.3 Å². The molecule has 0 bridgehead atoms. The van der Waals surface area contributed by atoms with Crippen LogP contribution in [0.1, 0.15) is 24.0 Å². The largest absolute Gasteiger partial charge is 0.317 e. The average Bonchev–Trinajstić information content (AvgIpc) is 3.11. The standard InChI is InChI=1S/C23H19N3O3S/c1-2-25-19-14-13-18(26(28)29)15-20(19)30-23(25)24-22(27)21(16-9-5-3-6-10-16)17-11-7-4-8-12-17/h3-15,21H,2H2,1H3. The number of non-ortho nitro benzene ring substituents is 1. The fourth-order valence-electron chi connectivity index (χ4n) is 3.49. The van der Waals surface area contributed by atoms with Gasteiger partial charge in [0.1, 0.15) is 0 Å². The highest BCUT2D eigenvalue weighted by Crippen LogP contribution is 2.27. The number of benzene rings is 3. The molecule has 0 fully saturated rings. The van der Waals surface area contributed by atoms with E-state index in [0.29, 0.717) is 11.3 Å².